The first-order valence-electron chi connectivity index (χ1n) is 13.7. The van der Waals surface area contributed by atoms with Crippen molar-refractivity contribution in [2.45, 2.75) is 64.4 Å². The second kappa shape index (κ2) is 12.0. The molecule has 4 heterocycles. The van der Waals surface area contributed by atoms with E-state index in [0.29, 0.717) is 37.7 Å². The number of aliphatic hydroxyl groups excluding tert-OH is 1. The third kappa shape index (κ3) is 6.24. The van der Waals surface area contributed by atoms with Crippen LogP contribution in [0, 0.1) is 12.8 Å². The Morgan fingerprint density at radius 1 is 1.21 bits per heavy atom. The van der Waals surface area contributed by atoms with Crippen molar-refractivity contribution in [1.29, 1.82) is 0 Å². The number of nitrogens with one attached hydrogen (secondary N) is 1. The minimum Gasteiger partial charge on any atom is -0.459 e. The van der Waals surface area contributed by atoms with Gasteiger partial charge in [0.1, 0.15) is 18.0 Å². The van der Waals surface area contributed by atoms with Crippen LogP contribution in [0.3, 0.4) is 0 Å². The molecule has 5 rings (SSSR count). The van der Waals surface area contributed by atoms with E-state index in [-0.39, 0.29) is 11.7 Å². The van der Waals surface area contributed by atoms with Crippen LogP contribution in [0.2, 0.25) is 0 Å². The fraction of sp³-hybridized carbons (Fsp3) is 0.552. The van der Waals surface area contributed by atoms with Gasteiger partial charge in [0.15, 0.2) is 0 Å². The third-order valence-electron chi connectivity index (χ3n) is 7.65. The Morgan fingerprint density at radius 2 is 1.97 bits per heavy atom. The van der Waals surface area contributed by atoms with Crippen LogP contribution >= 0.6 is 0 Å². The summed E-state index contributed by atoms with van der Waals surface area (Å²) in [4.78, 5) is 30.1. The molecule has 0 aliphatic carbocycles. The fourth-order valence-electron chi connectivity index (χ4n) is 5.40. The first-order valence-corrected chi connectivity index (χ1v) is 13.7. The van der Waals surface area contributed by atoms with Gasteiger partial charge in [-0.05, 0) is 56.4 Å². The molecule has 39 heavy (non-hydrogen) atoms. The number of aryl methyl sites for hydroxylation is 2. The molecule has 0 radical (unpaired) electrons. The quantitative estimate of drug-likeness (QED) is 0.399. The Bertz CT molecular complexity index is 1340. The van der Waals surface area contributed by atoms with Crippen LogP contribution in [0.4, 0.5) is 0 Å². The van der Waals surface area contributed by atoms with Gasteiger partial charge in [0.25, 0.3) is 5.56 Å². The zero-order valence-corrected chi connectivity index (χ0v) is 22.9. The second-order valence-corrected chi connectivity index (χ2v) is 10.8. The van der Waals surface area contributed by atoms with Crippen molar-refractivity contribution in [2.24, 2.45) is 13.0 Å². The van der Waals surface area contributed by atoms with Crippen molar-refractivity contribution in [2.75, 3.05) is 26.4 Å². The molecule has 3 aromatic rings. The van der Waals surface area contributed by atoms with Crippen LogP contribution < -0.4 is 10.9 Å². The SMILES string of the molecule is Cc1cc(-c2nc3cc(CNC(C(=O)O[C@H]4CCOC4)C(C)O)ccc3n2CC2CCOCC2)cn(C)c1=O. The van der Waals surface area contributed by atoms with E-state index in [1.807, 2.05) is 31.3 Å². The van der Waals surface area contributed by atoms with E-state index in [4.69, 9.17) is 19.2 Å². The molecular weight excluding hydrogens is 500 g/mol. The number of esters is 1. The number of benzene rings is 1. The van der Waals surface area contributed by atoms with E-state index in [1.165, 1.54) is 0 Å². The molecule has 0 saturated carbocycles. The highest BCUT2D eigenvalue weighted by Crippen LogP contribution is 2.29. The molecule has 210 valence electrons. The van der Waals surface area contributed by atoms with Gasteiger partial charge in [0, 0.05) is 57.1 Å². The molecule has 10 nitrogen and oxygen atoms in total. The number of aromatic nitrogens is 3. The highest BCUT2D eigenvalue weighted by Gasteiger charge is 2.29. The number of hydrogen-bond donors (Lipinski definition) is 2. The Balaban J connectivity index is 1.41. The van der Waals surface area contributed by atoms with Gasteiger partial charge < -0.3 is 28.5 Å². The summed E-state index contributed by atoms with van der Waals surface area (Å²) in [5.74, 6) is 0.826. The van der Waals surface area contributed by atoms with Gasteiger partial charge in [-0.25, -0.2) is 4.98 Å². The maximum atomic E-state index is 12.7. The van der Waals surface area contributed by atoms with Crippen LogP contribution in [0.15, 0.2) is 35.3 Å². The van der Waals surface area contributed by atoms with E-state index in [1.54, 1.807) is 18.5 Å². The van der Waals surface area contributed by atoms with Crippen LogP contribution in [0.5, 0.6) is 0 Å². The zero-order chi connectivity index (χ0) is 27.5. The standard InChI is InChI=1S/C29H38N4O6/c1-18-12-22(16-32(3)28(18)35)27-31-24-13-21(4-5-25(24)33(27)15-20-6-9-37-10-7-20)14-30-26(19(2)34)29(36)39-23-8-11-38-17-23/h4-5,12-13,16,19-20,23,26,30,34H,6-11,14-15,17H2,1-3H3/t19?,23-,26?/m0/s1. The summed E-state index contributed by atoms with van der Waals surface area (Å²) >= 11 is 0. The van der Waals surface area contributed by atoms with Crippen LogP contribution in [-0.2, 0) is 39.1 Å². The first-order chi connectivity index (χ1) is 18.8. The lowest BCUT2D eigenvalue weighted by Gasteiger charge is -2.23. The highest BCUT2D eigenvalue weighted by atomic mass is 16.6. The summed E-state index contributed by atoms with van der Waals surface area (Å²) in [5, 5.41) is 13.4. The van der Waals surface area contributed by atoms with Crippen molar-refractivity contribution in [3.05, 3.63) is 51.9 Å². The molecule has 2 aliphatic rings. The van der Waals surface area contributed by atoms with E-state index in [9.17, 15) is 14.7 Å². The predicted molar refractivity (Wildman–Crippen MR) is 146 cm³/mol. The summed E-state index contributed by atoms with van der Waals surface area (Å²) in [5.41, 5.74) is 4.33. The largest absolute Gasteiger partial charge is 0.459 e. The number of fused-ring (bicyclic) bond motifs is 1. The van der Waals surface area contributed by atoms with Gasteiger partial charge in [-0.2, -0.15) is 0 Å². The molecule has 10 heteroatoms. The fourth-order valence-corrected chi connectivity index (χ4v) is 5.40. The Hall–Kier alpha value is -3.05. The number of ether oxygens (including phenoxy) is 3. The van der Waals surface area contributed by atoms with Gasteiger partial charge >= 0.3 is 5.97 Å². The minimum atomic E-state index is -0.915. The summed E-state index contributed by atoms with van der Waals surface area (Å²) < 4.78 is 20.2. The predicted octanol–water partition coefficient (Wildman–Crippen LogP) is 2.31. The monoisotopic (exact) mass is 538 g/mol. The molecular formula is C29H38N4O6. The average molecular weight is 539 g/mol. The lowest BCUT2D eigenvalue weighted by atomic mass is 10.00. The lowest BCUT2D eigenvalue weighted by molar-refractivity contribution is -0.154. The summed E-state index contributed by atoms with van der Waals surface area (Å²) in [7, 11) is 1.76. The molecule has 3 atom stereocenters. The topological polar surface area (TPSA) is 117 Å². The van der Waals surface area contributed by atoms with Crippen molar-refractivity contribution in [3.8, 4) is 11.4 Å². The maximum absolute atomic E-state index is 12.7. The number of pyridine rings is 1. The molecule has 0 spiro atoms. The van der Waals surface area contributed by atoms with Gasteiger partial charge in [0.05, 0.1) is 30.4 Å². The molecule has 2 unspecified atom stereocenters. The van der Waals surface area contributed by atoms with Crippen LogP contribution in [0.1, 0.15) is 37.3 Å². The van der Waals surface area contributed by atoms with E-state index in [2.05, 4.69) is 16.0 Å². The Kier molecular flexibility index (Phi) is 8.46. The van der Waals surface area contributed by atoms with E-state index < -0.39 is 18.1 Å². The van der Waals surface area contributed by atoms with Gasteiger partial charge in [-0.3, -0.25) is 14.9 Å². The van der Waals surface area contributed by atoms with Crippen LogP contribution in [0.25, 0.3) is 22.4 Å². The Morgan fingerprint density at radius 3 is 2.67 bits per heavy atom. The van der Waals surface area contributed by atoms with Crippen LogP contribution in [-0.4, -0.2) is 69.9 Å². The van der Waals surface area contributed by atoms with Crippen molar-refractivity contribution in [3.63, 3.8) is 0 Å². The molecule has 2 aliphatic heterocycles. The smallest absolute Gasteiger partial charge is 0.326 e. The minimum absolute atomic E-state index is 0.0224. The molecule has 2 aromatic heterocycles. The number of carbonyl (C=O) groups is 1. The maximum Gasteiger partial charge on any atom is 0.326 e. The van der Waals surface area contributed by atoms with Crippen molar-refractivity contribution >= 4 is 17.0 Å². The van der Waals surface area contributed by atoms with Crippen molar-refractivity contribution < 1.29 is 24.1 Å². The Labute approximate surface area is 227 Å². The number of aliphatic hydroxyl groups is 1. The van der Waals surface area contributed by atoms with Crippen molar-refractivity contribution in [1.82, 2.24) is 19.4 Å². The zero-order valence-electron chi connectivity index (χ0n) is 22.9. The molecule has 0 amide bonds. The first kappa shape index (κ1) is 27.5. The van der Waals surface area contributed by atoms with Gasteiger partial charge in [0.2, 0.25) is 0 Å². The lowest BCUT2D eigenvalue weighted by Crippen LogP contribution is -2.46. The average Bonchev–Trinajstić information content (AvgIpc) is 3.55. The third-order valence-corrected chi connectivity index (χ3v) is 7.65. The summed E-state index contributed by atoms with van der Waals surface area (Å²) in [6.45, 7) is 7.08. The highest BCUT2D eigenvalue weighted by molar-refractivity contribution is 5.81. The number of rotatable bonds is 9. The normalized spacial score (nSPS) is 19.8. The van der Waals surface area contributed by atoms with Gasteiger partial charge in [-0.1, -0.05) is 6.07 Å². The van der Waals surface area contributed by atoms with Gasteiger partial charge in [-0.15, -0.1) is 0 Å². The number of carbonyl (C=O) groups excluding carboxylic acids is 1. The molecule has 2 fully saturated rings. The summed E-state index contributed by atoms with van der Waals surface area (Å²) in [6.07, 6.45) is 3.32. The summed E-state index contributed by atoms with van der Waals surface area (Å²) in [6, 6.07) is 7.14. The molecule has 0 bridgehead atoms. The van der Waals surface area contributed by atoms with E-state index >= 15 is 0 Å². The van der Waals surface area contributed by atoms with E-state index in [0.717, 1.165) is 60.6 Å². The number of imidazole rings is 1. The molecule has 2 N–H and O–H groups in total. The second-order valence-electron chi connectivity index (χ2n) is 10.8. The molecule has 2 saturated heterocycles. The molecule has 1 aromatic carbocycles. The number of hydrogen-bond acceptors (Lipinski definition) is 8. The number of nitrogens with zero attached hydrogens (tertiary/aromatic N) is 3.